The van der Waals surface area contributed by atoms with Crippen LogP contribution in [0.25, 0.3) is 5.82 Å². The Morgan fingerprint density at radius 1 is 1.18 bits per heavy atom. The van der Waals surface area contributed by atoms with E-state index in [1.807, 2.05) is 13.0 Å². The van der Waals surface area contributed by atoms with E-state index >= 15 is 0 Å². The highest BCUT2D eigenvalue weighted by Crippen LogP contribution is 2.29. The van der Waals surface area contributed by atoms with Crippen molar-refractivity contribution in [2.24, 2.45) is 10.3 Å². The summed E-state index contributed by atoms with van der Waals surface area (Å²) in [6.07, 6.45) is -3.05. The first-order valence-electron chi connectivity index (χ1n) is 11.6. The number of anilines is 1. The summed E-state index contributed by atoms with van der Waals surface area (Å²) in [4.78, 5) is 30.5. The lowest BCUT2D eigenvalue weighted by Crippen LogP contribution is -2.32. The summed E-state index contributed by atoms with van der Waals surface area (Å²) in [5.74, 6) is -0.833. The van der Waals surface area contributed by atoms with Gasteiger partial charge in [0, 0.05) is 12.7 Å². The molecule has 1 aromatic carbocycles. The Bertz CT molecular complexity index is 1410. The van der Waals surface area contributed by atoms with Crippen LogP contribution < -0.4 is 10.6 Å². The van der Waals surface area contributed by atoms with Gasteiger partial charge in [-0.25, -0.2) is 9.67 Å². The molecule has 1 aliphatic heterocycles. The molecule has 2 aromatic heterocycles. The van der Waals surface area contributed by atoms with Gasteiger partial charge in [-0.1, -0.05) is 22.9 Å². The average Bonchev–Trinajstić information content (AvgIpc) is 3.49. The van der Waals surface area contributed by atoms with Crippen molar-refractivity contribution in [1.82, 2.24) is 25.1 Å². The maximum Gasteiger partial charge on any atom is 0.414 e. The second-order valence-electron chi connectivity index (χ2n) is 8.67. The summed E-state index contributed by atoms with van der Waals surface area (Å²) in [7, 11) is 0. The lowest BCUT2D eigenvalue weighted by molar-refractivity contribution is -0.146. The van der Waals surface area contributed by atoms with Crippen molar-refractivity contribution in [2.75, 3.05) is 18.4 Å². The van der Waals surface area contributed by atoms with E-state index in [-0.39, 0.29) is 40.2 Å². The first-order valence-corrected chi connectivity index (χ1v) is 12.0. The number of hydrogen-bond acceptors (Lipinski definition) is 7. The van der Waals surface area contributed by atoms with E-state index in [4.69, 9.17) is 11.6 Å². The molecule has 10 nitrogen and oxygen atoms in total. The summed E-state index contributed by atoms with van der Waals surface area (Å²) < 4.78 is 40.2. The molecule has 1 aliphatic rings. The standard InChI is InChI=1S/C24H24ClF3N8O2/c1-4-29-22(37)16-9-13(2)8-14(3)20(16)31-23(38)18-10-15(11-35-12-19(32-34-35)24(26,27)28)33-36(18)21-17(25)6-5-7-30-21/h5-10,19H,4,11-12H2,1-3H3,(H,29,37)(H,31,38). The van der Waals surface area contributed by atoms with Crippen LogP contribution in [0.2, 0.25) is 5.02 Å². The quantitative estimate of drug-likeness (QED) is 0.445. The number of carbonyl (C=O) groups is 2. The molecule has 0 radical (unpaired) electrons. The molecule has 0 spiro atoms. The summed E-state index contributed by atoms with van der Waals surface area (Å²) >= 11 is 6.31. The zero-order valence-corrected chi connectivity index (χ0v) is 21.4. The van der Waals surface area contributed by atoms with E-state index in [0.717, 1.165) is 10.6 Å². The SMILES string of the molecule is CCNC(=O)c1cc(C)cc(C)c1NC(=O)c1cc(CN2CC(C(F)(F)F)N=N2)nn1-c1ncccc1Cl. The van der Waals surface area contributed by atoms with E-state index in [2.05, 4.69) is 31.1 Å². The fourth-order valence-electron chi connectivity index (χ4n) is 3.97. The van der Waals surface area contributed by atoms with E-state index in [0.29, 0.717) is 17.8 Å². The Morgan fingerprint density at radius 2 is 1.95 bits per heavy atom. The second-order valence-corrected chi connectivity index (χ2v) is 9.08. The monoisotopic (exact) mass is 548 g/mol. The topological polar surface area (TPSA) is 117 Å². The summed E-state index contributed by atoms with van der Waals surface area (Å²) in [5.41, 5.74) is 2.35. The van der Waals surface area contributed by atoms with E-state index in [9.17, 15) is 22.8 Å². The minimum absolute atomic E-state index is 0.00549. The molecule has 1 unspecified atom stereocenters. The predicted octanol–water partition coefficient (Wildman–Crippen LogP) is 4.65. The molecule has 200 valence electrons. The van der Waals surface area contributed by atoms with Crippen molar-refractivity contribution >= 4 is 29.1 Å². The van der Waals surface area contributed by atoms with Crippen molar-refractivity contribution in [2.45, 2.75) is 39.5 Å². The molecule has 4 rings (SSSR count). The predicted molar refractivity (Wildman–Crippen MR) is 133 cm³/mol. The minimum Gasteiger partial charge on any atom is -0.352 e. The zero-order valence-electron chi connectivity index (χ0n) is 20.7. The number of carbonyl (C=O) groups excluding carboxylic acids is 2. The van der Waals surface area contributed by atoms with Crippen molar-refractivity contribution in [3.8, 4) is 5.82 Å². The highest BCUT2D eigenvalue weighted by molar-refractivity contribution is 6.32. The van der Waals surface area contributed by atoms with Gasteiger partial charge in [-0.05, 0) is 56.2 Å². The van der Waals surface area contributed by atoms with Crippen LogP contribution in [-0.2, 0) is 6.54 Å². The Balaban J connectivity index is 1.69. The van der Waals surface area contributed by atoms with Gasteiger partial charge in [0.1, 0.15) is 5.69 Å². The summed E-state index contributed by atoms with van der Waals surface area (Å²) in [5, 5.41) is 18.1. The maximum absolute atomic E-state index is 13.5. The number of nitrogens with one attached hydrogen (secondary N) is 2. The van der Waals surface area contributed by atoms with Gasteiger partial charge in [0.25, 0.3) is 11.8 Å². The lowest BCUT2D eigenvalue weighted by Gasteiger charge is -2.15. The van der Waals surface area contributed by atoms with Gasteiger partial charge >= 0.3 is 6.18 Å². The van der Waals surface area contributed by atoms with Crippen LogP contribution in [0.5, 0.6) is 0 Å². The first-order chi connectivity index (χ1) is 18.0. The number of amides is 2. The minimum atomic E-state index is -4.52. The summed E-state index contributed by atoms with van der Waals surface area (Å²) in [6, 6.07) is 6.13. The Kier molecular flexibility index (Phi) is 7.67. The Morgan fingerprint density at radius 3 is 2.61 bits per heavy atom. The maximum atomic E-state index is 13.5. The molecule has 2 amide bonds. The number of aryl methyl sites for hydroxylation is 2. The van der Waals surface area contributed by atoms with Crippen LogP contribution in [0.4, 0.5) is 18.9 Å². The normalized spacial score (nSPS) is 15.1. The van der Waals surface area contributed by atoms with Gasteiger partial charge in [0.2, 0.25) is 0 Å². The van der Waals surface area contributed by atoms with Crippen LogP contribution >= 0.6 is 11.6 Å². The molecular weight excluding hydrogens is 525 g/mol. The van der Waals surface area contributed by atoms with Crippen LogP contribution in [-0.4, -0.2) is 56.9 Å². The van der Waals surface area contributed by atoms with Gasteiger partial charge in [-0.2, -0.15) is 23.4 Å². The molecule has 1 atom stereocenters. The molecule has 0 aliphatic carbocycles. The lowest BCUT2D eigenvalue weighted by atomic mass is 10.0. The molecule has 14 heteroatoms. The molecule has 3 aromatic rings. The molecule has 0 fully saturated rings. The summed E-state index contributed by atoms with van der Waals surface area (Å²) in [6.45, 7) is 5.18. The fraction of sp³-hybridized carbons (Fsp3) is 0.333. The third-order valence-corrected chi connectivity index (χ3v) is 5.95. The third kappa shape index (κ3) is 5.77. The van der Waals surface area contributed by atoms with Gasteiger partial charge in [0.05, 0.1) is 35.1 Å². The van der Waals surface area contributed by atoms with Gasteiger partial charge in [-0.3, -0.25) is 14.6 Å². The number of aromatic nitrogens is 3. The number of alkyl halides is 3. The smallest absolute Gasteiger partial charge is 0.352 e. The van der Waals surface area contributed by atoms with Crippen LogP contribution in [0, 0.1) is 13.8 Å². The van der Waals surface area contributed by atoms with E-state index < -0.39 is 24.7 Å². The van der Waals surface area contributed by atoms with E-state index in [1.54, 1.807) is 32.0 Å². The van der Waals surface area contributed by atoms with Crippen molar-refractivity contribution in [3.05, 3.63) is 69.6 Å². The number of pyridine rings is 1. The number of nitrogens with zero attached hydrogens (tertiary/aromatic N) is 6. The highest BCUT2D eigenvalue weighted by Gasteiger charge is 2.44. The highest BCUT2D eigenvalue weighted by atomic mass is 35.5. The number of benzene rings is 1. The van der Waals surface area contributed by atoms with Gasteiger partial charge < -0.3 is 10.6 Å². The van der Waals surface area contributed by atoms with Crippen LogP contribution in [0.1, 0.15) is 44.6 Å². The van der Waals surface area contributed by atoms with Gasteiger partial charge in [-0.15, -0.1) is 0 Å². The number of halogens is 4. The van der Waals surface area contributed by atoms with E-state index in [1.165, 1.54) is 16.9 Å². The molecule has 0 saturated heterocycles. The van der Waals surface area contributed by atoms with Crippen LogP contribution in [0.15, 0.2) is 46.9 Å². The first kappa shape index (κ1) is 27.0. The molecule has 0 bridgehead atoms. The molecular formula is C24H24ClF3N8O2. The largest absolute Gasteiger partial charge is 0.414 e. The molecule has 38 heavy (non-hydrogen) atoms. The number of rotatable bonds is 7. The third-order valence-electron chi connectivity index (χ3n) is 5.66. The molecule has 0 saturated carbocycles. The zero-order chi connectivity index (χ0) is 27.6. The van der Waals surface area contributed by atoms with Crippen LogP contribution in [0.3, 0.4) is 0 Å². The fourth-order valence-corrected chi connectivity index (χ4v) is 4.17. The van der Waals surface area contributed by atoms with Crippen molar-refractivity contribution in [3.63, 3.8) is 0 Å². The average molecular weight is 549 g/mol. The van der Waals surface area contributed by atoms with Crippen molar-refractivity contribution < 1.29 is 22.8 Å². The molecule has 2 N–H and O–H groups in total. The Labute approximate surface area is 220 Å². The van der Waals surface area contributed by atoms with Gasteiger partial charge in [0.15, 0.2) is 11.9 Å². The Hall–Kier alpha value is -4.00. The van der Waals surface area contributed by atoms with Crippen molar-refractivity contribution in [1.29, 1.82) is 0 Å². The number of hydrogen-bond donors (Lipinski definition) is 2. The molecule has 3 heterocycles. The second kappa shape index (κ2) is 10.8.